The lowest BCUT2D eigenvalue weighted by Crippen LogP contribution is -2.52. The zero-order valence-corrected chi connectivity index (χ0v) is 15.8. The number of piperazine rings is 1. The first-order valence-corrected chi connectivity index (χ1v) is 9.82. The van der Waals surface area contributed by atoms with Gasteiger partial charge < -0.3 is 19.9 Å². The van der Waals surface area contributed by atoms with Crippen molar-refractivity contribution < 1.29 is 19.5 Å². The van der Waals surface area contributed by atoms with Gasteiger partial charge in [0, 0.05) is 49.7 Å². The van der Waals surface area contributed by atoms with Gasteiger partial charge in [-0.1, -0.05) is 24.6 Å². The molecule has 2 fully saturated rings. The molecule has 0 atom stereocenters. The second kappa shape index (κ2) is 7.30. The maximum Gasteiger partial charge on any atom is 0.310 e. The van der Waals surface area contributed by atoms with Crippen LogP contribution < -0.4 is 0 Å². The van der Waals surface area contributed by atoms with E-state index >= 15 is 0 Å². The fourth-order valence-corrected chi connectivity index (χ4v) is 4.23. The fraction of sp³-hybridized carbons (Fsp3) is 0.476. The number of carboxylic acids is 1. The van der Waals surface area contributed by atoms with Gasteiger partial charge >= 0.3 is 5.97 Å². The summed E-state index contributed by atoms with van der Waals surface area (Å²) in [5.41, 5.74) is 1.14. The van der Waals surface area contributed by atoms with Crippen molar-refractivity contribution in [3.8, 4) is 0 Å². The van der Waals surface area contributed by atoms with Gasteiger partial charge in [0.2, 0.25) is 11.8 Å². The Balaban J connectivity index is 1.32. The number of carboxylic acid groups (broad SMARTS) is 1. The van der Waals surface area contributed by atoms with Crippen molar-refractivity contribution in [2.75, 3.05) is 26.2 Å². The molecule has 2 heterocycles. The van der Waals surface area contributed by atoms with E-state index in [9.17, 15) is 19.5 Å². The van der Waals surface area contributed by atoms with Gasteiger partial charge in [-0.25, -0.2) is 0 Å². The number of carbonyl (C=O) groups excluding carboxylic acids is 2. The minimum absolute atomic E-state index is 0.0536. The van der Waals surface area contributed by atoms with Crippen LogP contribution in [-0.2, 0) is 20.8 Å². The third-order valence-electron chi connectivity index (χ3n) is 6.26. The molecule has 148 valence electrons. The third kappa shape index (κ3) is 3.37. The number of nitrogens with one attached hydrogen (secondary N) is 1. The van der Waals surface area contributed by atoms with Crippen LogP contribution in [0, 0.1) is 5.41 Å². The van der Waals surface area contributed by atoms with Crippen LogP contribution in [0.3, 0.4) is 0 Å². The smallest absolute Gasteiger partial charge is 0.310 e. The summed E-state index contributed by atoms with van der Waals surface area (Å²) in [5, 5.41) is 10.5. The molecule has 1 aliphatic heterocycles. The number of H-pyrrole nitrogens is 1. The molecule has 1 saturated heterocycles. The van der Waals surface area contributed by atoms with E-state index in [1.165, 1.54) is 0 Å². The van der Waals surface area contributed by atoms with E-state index in [0.29, 0.717) is 45.4 Å². The summed E-state index contributed by atoms with van der Waals surface area (Å²) < 4.78 is 0. The number of hydrogen-bond donors (Lipinski definition) is 2. The molecule has 28 heavy (non-hydrogen) atoms. The predicted molar refractivity (Wildman–Crippen MR) is 104 cm³/mol. The molecule has 7 heteroatoms. The van der Waals surface area contributed by atoms with E-state index in [-0.39, 0.29) is 18.2 Å². The van der Waals surface area contributed by atoms with Crippen LogP contribution >= 0.6 is 0 Å². The van der Waals surface area contributed by atoms with Gasteiger partial charge in [-0.3, -0.25) is 14.4 Å². The van der Waals surface area contributed by atoms with Crippen LogP contribution in [0.1, 0.15) is 31.2 Å². The summed E-state index contributed by atoms with van der Waals surface area (Å²) in [7, 11) is 0. The highest BCUT2D eigenvalue weighted by atomic mass is 16.4. The van der Waals surface area contributed by atoms with Crippen LogP contribution in [0.15, 0.2) is 30.5 Å². The highest BCUT2D eigenvalue weighted by Gasteiger charge is 2.46. The SMILES string of the molecule is O=C(Cc1c[nH]c2ccccc12)N1CCN(C(=O)CC2(C(=O)O)CCC2)CC1. The lowest BCUT2D eigenvalue weighted by Gasteiger charge is -2.40. The van der Waals surface area contributed by atoms with E-state index in [4.69, 9.17) is 0 Å². The number of nitrogens with zero attached hydrogens (tertiary/aromatic N) is 2. The molecule has 1 aromatic carbocycles. The Labute approximate surface area is 163 Å². The number of amides is 2. The number of para-hydroxylation sites is 1. The minimum atomic E-state index is -0.862. The summed E-state index contributed by atoms with van der Waals surface area (Å²) in [6.45, 7) is 1.92. The van der Waals surface area contributed by atoms with Gasteiger partial charge in [-0.2, -0.15) is 0 Å². The Morgan fingerprint density at radius 2 is 1.64 bits per heavy atom. The van der Waals surface area contributed by atoms with Gasteiger partial charge in [-0.15, -0.1) is 0 Å². The van der Waals surface area contributed by atoms with E-state index in [2.05, 4.69) is 4.98 Å². The topological polar surface area (TPSA) is 93.7 Å². The molecular formula is C21H25N3O4. The van der Waals surface area contributed by atoms with E-state index in [1.807, 2.05) is 30.5 Å². The lowest BCUT2D eigenvalue weighted by molar-refractivity contribution is -0.160. The van der Waals surface area contributed by atoms with Gasteiger partial charge in [0.1, 0.15) is 0 Å². The Bertz CT molecular complexity index is 907. The van der Waals surface area contributed by atoms with Crippen molar-refractivity contribution in [2.24, 2.45) is 5.41 Å². The molecule has 1 aromatic heterocycles. The molecule has 2 aliphatic rings. The fourth-order valence-electron chi connectivity index (χ4n) is 4.23. The number of aromatic nitrogens is 1. The van der Waals surface area contributed by atoms with Gasteiger partial charge in [0.05, 0.1) is 11.8 Å². The first kappa shape index (κ1) is 18.5. The molecule has 7 nitrogen and oxygen atoms in total. The third-order valence-corrected chi connectivity index (χ3v) is 6.26. The van der Waals surface area contributed by atoms with Crippen molar-refractivity contribution in [3.63, 3.8) is 0 Å². The van der Waals surface area contributed by atoms with Crippen LogP contribution in [-0.4, -0.2) is 63.9 Å². The lowest BCUT2D eigenvalue weighted by atomic mass is 9.66. The van der Waals surface area contributed by atoms with Gasteiger partial charge in [0.15, 0.2) is 0 Å². The summed E-state index contributed by atoms with van der Waals surface area (Å²) in [5.74, 6) is -0.914. The normalized spacial score (nSPS) is 18.7. The first-order valence-electron chi connectivity index (χ1n) is 9.82. The number of carbonyl (C=O) groups is 3. The maximum absolute atomic E-state index is 12.7. The van der Waals surface area contributed by atoms with Gasteiger partial charge in [-0.05, 0) is 24.5 Å². The number of aliphatic carboxylic acids is 1. The highest BCUT2D eigenvalue weighted by molar-refractivity contribution is 5.89. The quantitative estimate of drug-likeness (QED) is 0.826. The van der Waals surface area contributed by atoms with Gasteiger partial charge in [0.25, 0.3) is 0 Å². The summed E-state index contributed by atoms with van der Waals surface area (Å²) >= 11 is 0. The van der Waals surface area contributed by atoms with E-state index < -0.39 is 11.4 Å². The Kier molecular flexibility index (Phi) is 4.83. The molecule has 0 bridgehead atoms. The minimum Gasteiger partial charge on any atom is -0.481 e. The molecule has 0 spiro atoms. The molecule has 1 aliphatic carbocycles. The van der Waals surface area contributed by atoms with E-state index in [1.54, 1.807) is 9.80 Å². The molecule has 2 amide bonds. The summed E-state index contributed by atoms with van der Waals surface area (Å²) in [4.78, 5) is 43.4. The average Bonchev–Trinajstić information content (AvgIpc) is 3.07. The molecule has 4 rings (SSSR count). The molecule has 0 radical (unpaired) electrons. The maximum atomic E-state index is 12.7. The monoisotopic (exact) mass is 383 g/mol. The van der Waals surface area contributed by atoms with Crippen molar-refractivity contribution in [3.05, 3.63) is 36.0 Å². The molecule has 0 unspecified atom stereocenters. The van der Waals surface area contributed by atoms with Crippen molar-refractivity contribution >= 4 is 28.7 Å². The van der Waals surface area contributed by atoms with Crippen LogP contribution in [0.5, 0.6) is 0 Å². The van der Waals surface area contributed by atoms with E-state index in [0.717, 1.165) is 22.9 Å². The Hall–Kier alpha value is -2.83. The van der Waals surface area contributed by atoms with Crippen molar-refractivity contribution in [1.29, 1.82) is 0 Å². The van der Waals surface area contributed by atoms with Crippen LogP contribution in [0.25, 0.3) is 10.9 Å². The van der Waals surface area contributed by atoms with Crippen LogP contribution in [0.4, 0.5) is 0 Å². The molecule has 2 N–H and O–H groups in total. The zero-order chi connectivity index (χ0) is 19.7. The second-order valence-corrected chi connectivity index (χ2v) is 7.91. The average molecular weight is 383 g/mol. The first-order chi connectivity index (χ1) is 13.5. The number of aromatic amines is 1. The largest absolute Gasteiger partial charge is 0.481 e. The zero-order valence-electron chi connectivity index (χ0n) is 15.8. The van der Waals surface area contributed by atoms with Crippen LogP contribution in [0.2, 0.25) is 0 Å². The molecule has 2 aromatic rings. The highest BCUT2D eigenvalue weighted by Crippen LogP contribution is 2.44. The standard InChI is InChI=1S/C21H25N3O4/c25-18(12-15-14-22-17-5-2-1-4-16(15)17)23-8-10-24(11-9-23)19(26)13-21(20(27)28)6-3-7-21/h1-2,4-5,14,22H,3,6-13H2,(H,27,28). The number of fused-ring (bicyclic) bond motifs is 1. The Morgan fingerprint density at radius 1 is 1.00 bits per heavy atom. The molecule has 1 saturated carbocycles. The summed E-state index contributed by atoms with van der Waals surface area (Å²) in [6, 6.07) is 7.91. The second-order valence-electron chi connectivity index (χ2n) is 7.91. The number of benzene rings is 1. The predicted octanol–water partition coefficient (Wildman–Crippen LogP) is 2.03. The van der Waals surface area contributed by atoms with Crippen molar-refractivity contribution in [2.45, 2.75) is 32.1 Å². The number of rotatable bonds is 5. The Morgan fingerprint density at radius 3 is 2.25 bits per heavy atom. The van der Waals surface area contributed by atoms with Crippen molar-refractivity contribution in [1.82, 2.24) is 14.8 Å². The number of hydrogen-bond acceptors (Lipinski definition) is 3. The molecular weight excluding hydrogens is 358 g/mol. The summed E-state index contributed by atoms with van der Waals surface area (Å²) in [6.07, 6.45) is 4.32.